The van der Waals surface area contributed by atoms with Gasteiger partial charge in [0, 0.05) is 43.8 Å². The van der Waals surface area contributed by atoms with E-state index >= 15 is 0 Å². The van der Waals surface area contributed by atoms with E-state index in [4.69, 9.17) is 16.3 Å². The van der Waals surface area contributed by atoms with Gasteiger partial charge in [-0.05, 0) is 18.2 Å². The minimum atomic E-state index is -0.304. The van der Waals surface area contributed by atoms with E-state index in [0.717, 1.165) is 0 Å². The maximum absolute atomic E-state index is 13.4. The second kappa shape index (κ2) is 8.85. The van der Waals surface area contributed by atoms with E-state index in [-0.39, 0.29) is 11.7 Å². The van der Waals surface area contributed by atoms with Gasteiger partial charge in [-0.1, -0.05) is 11.6 Å². The van der Waals surface area contributed by atoms with Crippen LogP contribution in [0, 0.1) is 5.82 Å². The fraction of sp³-hybridized carbons (Fsp3) is 0.462. The van der Waals surface area contributed by atoms with Crippen LogP contribution in [0.3, 0.4) is 0 Å². The molecule has 106 valence electrons. The summed E-state index contributed by atoms with van der Waals surface area (Å²) in [6, 6.07) is 4.41. The minimum absolute atomic E-state index is 0.0592. The summed E-state index contributed by atoms with van der Waals surface area (Å²) in [6.07, 6.45) is 0.339. The normalized spacial score (nSPS) is 10.5. The quantitative estimate of drug-likeness (QED) is 0.716. The number of rotatable bonds is 8. The van der Waals surface area contributed by atoms with E-state index in [1.165, 1.54) is 12.1 Å². The molecule has 0 radical (unpaired) electrons. The molecule has 0 spiro atoms. The van der Waals surface area contributed by atoms with Gasteiger partial charge in [0.25, 0.3) is 0 Å². The summed E-state index contributed by atoms with van der Waals surface area (Å²) in [5, 5.41) is 6.20. The number of halogens is 2. The maximum atomic E-state index is 13.4. The molecular formula is C13H18ClFN2O2. The average molecular weight is 289 g/mol. The first-order valence-electron chi connectivity index (χ1n) is 6.03. The predicted molar refractivity (Wildman–Crippen MR) is 72.6 cm³/mol. The Morgan fingerprint density at radius 1 is 1.42 bits per heavy atom. The van der Waals surface area contributed by atoms with Crippen LogP contribution in [0.15, 0.2) is 18.2 Å². The Balaban J connectivity index is 2.20. The molecule has 0 heterocycles. The van der Waals surface area contributed by atoms with E-state index in [1.54, 1.807) is 13.2 Å². The van der Waals surface area contributed by atoms with Crippen LogP contribution in [0.4, 0.5) is 4.39 Å². The Bertz CT molecular complexity index is 416. The van der Waals surface area contributed by atoms with Gasteiger partial charge in [-0.25, -0.2) is 4.39 Å². The Morgan fingerprint density at radius 3 is 2.95 bits per heavy atom. The fourth-order valence-corrected chi connectivity index (χ4v) is 1.68. The summed E-state index contributed by atoms with van der Waals surface area (Å²) in [5.41, 5.74) is 0.493. The summed E-state index contributed by atoms with van der Waals surface area (Å²) in [7, 11) is 1.58. The number of methoxy groups -OCH3 is 1. The van der Waals surface area contributed by atoms with Crippen molar-refractivity contribution in [2.75, 3.05) is 26.8 Å². The average Bonchev–Trinajstić information content (AvgIpc) is 2.39. The summed E-state index contributed by atoms with van der Waals surface area (Å²) in [5.74, 6) is -0.363. The molecule has 0 aliphatic carbocycles. The Labute approximate surface area is 117 Å². The van der Waals surface area contributed by atoms with Crippen molar-refractivity contribution >= 4 is 17.5 Å². The zero-order valence-corrected chi connectivity index (χ0v) is 11.6. The lowest BCUT2D eigenvalue weighted by molar-refractivity contribution is -0.121. The van der Waals surface area contributed by atoms with Crippen LogP contribution < -0.4 is 10.6 Å². The number of ether oxygens (including phenoxy) is 1. The first-order valence-corrected chi connectivity index (χ1v) is 6.41. The first kappa shape index (κ1) is 15.9. The Hall–Kier alpha value is -1.17. The Morgan fingerprint density at radius 2 is 2.21 bits per heavy atom. The summed E-state index contributed by atoms with van der Waals surface area (Å²) >= 11 is 5.78. The number of carbonyl (C=O) groups is 1. The van der Waals surface area contributed by atoms with Crippen molar-refractivity contribution in [1.82, 2.24) is 10.6 Å². The van der Waals surface area contributed by atoms with Crippen LogP contribution >= 0.6 is 11.6 Å². The molecule has 0 fully saturated rings. The molecule has 0 saturated heterocycles. The molecular weight excluding hydrogens is 271 g/mol. The van der Waals surface area contributed by atoms with E-state index in [2.05, 4.69) is 10.6 Å². The van der Waals surface area contributed by atoms with Gasteiger partial charge in [0.15, 0.2) is 0 Å². The first-order chi connectivity index (χ1) is 9.13. The van der Waals surface area contributed by atoms with E-state index in [9.17, 15) is 9.18 Å². The van der Waals surface area contributed by atoms with Crippen molar-refractivity contribution in [3.63, 3.8) is 0 Å². The molecule has 4 nitrogen and oxygen atoms in total. The van der Waals surface area contributed by atoms with Crippen molar-refractivity contribution in [2.45, 2.75) is 13.0 Å². The molecule has 0 bridgehead atoms. The van der Waals surface area contributed by atoms with Crippen LogP contribution in [0.2, 0.25) is 5.02 Å². The lowest BCUT2D eigenvalue weighted by Gasteiger charge is -2.07. The van der Waals surface area contributed by atoms with Gasteiger partial charge >= 0.3 is 0 Å². The highest BCUT2D eigenvalue weighted by atomic mass is 35.5. The summed E-state index contributed by atoms with van der Waals surface area (Å²) in [6.45, 7) is 1.81. The molecule has 1 rings (SSSR count). The van der Waals surface area contributed by atoms with E-state index in [0.29, 0.717) is 43.2 Å². The maximum Gasteiger partial charge on any atom is 0.221 e. The van der Waals surface area contributed by atoms with Crippen LogP contribution in [0.1, 0.15) is 12.0 Å². The van der Waals surface area contributed by atoms with Gasteiger partial charge in [-0.15, -0.1) is 0 Å². The van der Waals surface area contributed by atoms with Crippen molar-refractivity contribution in [2.24, 2.45) is 0 Å². The third-order valence-electron chi connectivity index (χ3n) is 2.48. The van der Waals surface area contributed by atoms with Crippen LogP contribution in [-0.2, 0) is 16.1 Å². The Kier molecular flexibility index (Phi) is 7.40. The van der Waals surface area contributed by atoms with E-state index in [1.807, 2.05) is 0 Å². The lowest BCUT2D eigenvalue weighted by atomic mass is 10.2. The number of benzene rings is 1. The van der Waals surface area contributed by atoms with Crippen LogP contribution in [0.25, 0.3) is 0 Å². The monoisotopic (exact) mass is 288 g/mol. The van der Waals surface area contributed by atoms with Gasteiger partial charge in [0.1, 0.15) is 5.82 Å². The fourth-order valence-electron chi connectivity index (χ4n) is 1.48. The molecule has 0 atom stereocenters. The topological polar surface area (TPSA) is 50.4 Å². The van der Waals surface area contributed by atoms with Crippen molar-refractivity contribution in [3.05, 3.63) is 34.6 Å². The zero-order valence-electron chi connectivity index (χ0n) is 10.8. The highest BCUT2D eigenvalue weighted by Gasteiger charge is 2.04. The molecule has 0 aromatic heterocycles. The van der Waals surface area contributed by atoms with Crippen LogP contribution in [-0.4, -0.2) is 32.7 Å². The van der Waals surface area contributed by atoms with Gasteiger partial charge < -0.3 is 15.4 Å². The van der Waals surface area contributed by atoms with Crippen molar-refractivity contribution in [3.8, 4) is 0 Å². The SMILES string of the molecule is COCCNC(=O)CCNCc1cc(Cl)ccc1F. The third-order valence-corrected chi connectivity index (χ3v) is 2.72. The molecule has 2 N–H and O–H groups in total. The summed E-state index contributed by atoms with van der Waals surface area (Å²) < 4.78 is 18.2. The predicted octanol–water partition coefficient (Wildman–Crippen LogP) is 1.72. The number of nitrogens with one attached hydrogen (secondary N) is 2. The van der Waals surface area contributed by atoms with Gasteiger partial charge in [-0.3, -0.25) is 4.79 Å². The zero-order chi connectivity index (χ0) is 14.1. The highest BCUT2D eigenvalue weighted by Crippen LogP contribution is 2.14. The molecule has 1 aromatic rings. The molecule has 1 amide bonds. The minimum Gasteiger partial charge on any atom is -0.383 e. The number of hydrogen-bond acceptors (Lipinski definition) is 3. The molecule has 1 aromatic carbocycles. The van der Waals surface area contributed by atoms with Crippen molar-refractivity contribution in [1.29, 1.82) is 0 Å². The van der Waals surface area contributed by atoms with Gasteiger partial charge in [0.05, 0.1) is 6.61 Å². The van der Waals surface area contributed by atoms with Gasteiger partial charge in [0.2, 0.25) is 5.91 Å². The second-order valence-electron chi connectivity index (χ2n) is 4.01. The smallest absolute Gasteiger partial charge is 0.221 e. The number of hydrogen-bond donors (Lipinski definition) is 2. The largest absolute Gasteiger partial charge is 0.383 e. The molecule has 19 heavy (non-hydrogen) atoms. The van der Waals surface area contributed by atoms with Crippen molar-refractivity contribution < 1.29 is 13.9 Å². The third kappa shape index (κ3) is 6.52. The second-order valence-corrected chi connectivity index (χ2v) is 4.44. The molecule has 0 aliphatic rings. The van der Waals surface area contributed by atoms with E-state index < -0.39 is 0 Å². The lowest BCUT2D eigenvalue weighted by Crippen LogP contribution is -2.30. The molecule has 0 saturated carbocycles. The molecule has 0 unspecified atom stereocenters. The number of carbonyl (C=O) groups excluding carboxylic acids is 1. The molecule has 6 heteroatoms. The number of amides is 1. The highest BCUT2D eigenvalue weighted by molar-refractivity contribution is 6.30. The summed E-state index contributed by atoms with van der Waals surface area (Å²) in [4.78, 5) is 11.3. The standard InChI is InChI=1S/C13H18ClFN2O2/c1-19-7-6-17-13(18)4-5-16-9-10-8-11(14)2-3-12(10)15/h2-3,8,16H,4-7,9H2,1H3,(H,17,18). The molecule has 0 aliphatic heterocycles. The van der Waals surface area contributed by atoms with Gasteiger partial charge in [-0.2, -0.15) is 0 Å². The van der Waals surface area contributed by atoms with Crippen LogP contribution in [0.5, 0.6) is 0 Å².